The molecule has 0 radical (unpaired) electrons. The normalized spacial score (nSPS) is 39.9. The summed E-state index contributed by atoms with van der Waals surface area (Å²) in [6.07, 6.45) is 26.9. The molecule has 2 amide bonds. The van der Waals surface area contributed by atoms with E-state index in [0.29, 0.717) is 73.1 Å². The number of hydrogen-bond acceptors (Lipinski definition) is 8. The van der Waals surface area contributed by atoms with Gasteiger partial charge in [0.2, 0.25) is 0 Å². The second-order valence-electron chi connectivity index (χ2n) is 34.9. The van der Waals surface area contributed by atoms with E-state index in [1.165, 1.54) is 73.2 Å². The Hall–Kier alpha value is -5.25. The van der Waals surface area contributed by atoms with Crippen LogP contribution in [0, 0.1) is 78.8 Å². The number of allylic oxidation sites excluding steroid dienone is 4. The van der Waals surface area contributed by atoms with Crippen LogP contribution in [0.25, 0.3) is 0 Å². The molecule has 15 N–H and O–H groups in total. The zero-order valence-electron chi connectivity index (χ0n) is 55.6. The molecule has 88 heavy (non-hydrogen) atoms. The number of carbonyl (C=O) groups excluding carboxylic acids is 1. The number of aromatic amines is 6. The monoisotopic (exact) mass is 1210 g/mol. The minimum absolute atomic E-state index is 0. The maximum absolute atomic E-state index is 13.2. The summed E-state index contributed by atoms with van der Waals surface area (Å²) < 4.78 is 0. The Morgan fingerprint density at radius 3 is 1.34 bits per heavy atom. The van der Waals surface area contributed by atoms with E-state index in [9.17, 15) is 14.4 Å². The second kappa shape index (κ2) is 20.1. The molecule has 0 aliphatic heterocycles. The number of urea groups is 1. The molecular formula is C72H113N13O3. The first-order valence-electron chi connectivity index (χ1n) is 34.1. The van der Waals surface area contributed by atoms with Crippen molar-refractivity contribution in [1.82, 2.24) is 46.1 Å². The zero-order valence-corrected chi connectivity index (χ0v) is 55.6. The van der Waals surface area contributed by atoms with Crippen LogP contribution in [0.4, 0.5) is 16.4 Å². The molecule has 484 valence electrons. The van der Waals surface area contributed by atoms with E-state index in [0.717, 1.165) is 87.4 Å². The summed E-state index contributed by atoms with van der Waals surface area (Å²) in [4.78, 5) is 37.6. The third kappa shape index (κ3) is 8.37. The Labute approximate surface area is 524 Å². The molecule has 6 unspecified atom stereocenters. The van der Waals surface area contributed by atoms with Gasteiger partial charge < -0.3 is 38.4 Å². The van der Waals surface area contributed by atoms with Crippen molar-refractivity contribution in [3.8, 4) is 0 Å². The van der Waals surface area contributed by atoms with E-state index in [4.69, 9.17) is 22.9 Å². The number of amides is 2. The standard InChI is InChI=1S/C36H55N7O2.C35H54N6O.CH4/c1-31(2)13-15-36(27-20(29(44)43-41-27)11-17-39-30(38)45)16-14-34(6)22(23(36)19-31)8-9-25-33(5)18-21-26(40-42-28(21)37)32(3,4)24(33)10-12-35(25,34)7;1-30(2)13-15-35(27-20(11-17-36)29(42)41-39-27)16-14-33(6)22(23(35)19-30)8-9-25-32(5)18-21-26(38-40-28(21)37)31(3,4)24(32)10-12-34(25,33)7;/h8,23-25H,9-19H2,1-7H3,(H3,37,40,42)(H3,38,39,45)(H2,41,43,44);8,23-25H,9-19,36H2,1-7H3,(H3,37,38,40)(H2,39,41,42);1H4/t23?,24?,25?,33-,34+,35+,36-;23?,24?,25?,32-,33+,34+,35-;/m00./s1. The highest BCUT2D eigenvalue weighted by molar-refractivity contribution is 5.71. The first kappa shape index (κ1) is 62.9. The maximum atomic E-state index is 13.2. The number of anilines is 2. The van der Waals surface area contributed by atoms with E-state index in [2.05, 4.69) is 155 Å². The van der Waals surface area contributed by atoms with Gasteiger partial charge in [-0.1, -0.05) is 128 Å². The van der Waals surface area contributed by atoms with Crippen LogP contribution in [-0.2, 0) is 47.3 Å². The zero-order chi connectivity index (χ0) is 62.5. The Morgan fingerprint density at radius 2 is 0.943 bits per heavy atom. The van der Waals surface area contributed by atoms with Gasteiger partial charge in [-0.15, -0.1) is 0 Å². The molecule has 0 spiro atoms. The lowest BCUT2D eigenvalue weighted by Crippen LogP contribution is -2.64. The van der Waals surface area contributed by atoms with Crippen molar-refractivity contribution in [2.24, 2.45) is 90.3 Å². The first-order valence-corrected chi connectivity index (χ1v) is 34.1. The maximum Gasteiger partial charge on any atom is 0.312 e. The van der Waals surface area contributed by atoms with Gasteiger partial charge in [0.05, 0.1) is 0 Å². The van der Waals surface area contributed by atoms with Crippen molar-refractivity contribution >= 4 is 17.7 Å². The fourth-order valence-corrected chi connectivity index (χ4v) is 24.8. The summed E-state index contributed by atoms with van der Waals surface area (Å²) in [5, 5.41) is 31.2. The summed E-state index contributed by atoms with van der Waals surface area (Å²) >= 11 is 0. The van der Waals surface area contributed by atoms with Crippen LogP contribution in [0.3, 0.4) is 0 Å². The Bertz CT molecular complexity index is 3600. The van der Waals surface area contributed by atoms with Gasteiger partial charge in [-0.2, -0.15) is 10.2 Å². The molecule has 0 saturated heterocycles. The van der Waals surface area contributed by atoms with Crippen molar-refractivity contribution in [3.05, 3.63) is 89.0 Å². The van der Waals surface area contributed by atoms with Gasteiger partial charge in [0.1, 0.15) is 11.6 Å². The number of aromatic nitrogens is 8. The average molecular weight is 1210 g/mol. The Morgan fingerprint density at radius 1 is 0.545 bits per heavy atom. The van der Waals surface area contributed by atoms with Crippen molar-refractivity contribution in [1.29, 1.82) is 0 Å². The lowest BCUT2D eigenvalue weighted by molar-refractivity contribution is -0.154. The van der Waals surface area contributed by atoms with E-state index < -0.39 is 6.03 Å². The Balaban J connectivity index is 0.000000170. The molecule has 16 nitrogen and oxygen atoms in total. The molecule has 10 aliphatic rings. The number of carbonyl (C=O) groups is 1. The number of nitrogens with two attached hydrogens (primary N) is 4. The predicted molar refractivity (Wildman–Crippen MR) is 354 cm³/mol. The molecule has 10 aliphatic carbocycles. The highest BCUT2D eigenvalue weighted by atomic mass is 16.2. The number of hydrogen-bond donors (Lipinski definition) is 11. The number of primary amides is 1. The molecular weight excluding hydrogens is 1090 g/mol. The van der Waals surface area contributed by atoms with Crippen molar-refractivity contribution in [3.63, 3.8) is 0 Å². The molecule has 4 aromatic heterocycles. The number of fused-ring (bicyclic) bond motifs is 16. The van der Waals surface area contributed by atoms with Crippen molar-refractivity contribution < 1.29 is 4.79 Å². The van der Waals surface area contributed by atoms with E-state index in [1.54, 1.807) is 11.1 Å². The molecule has 6 fully saturated rings. The first-order chi connectivity index (χ1) is 40.6. The van der Waals surface area contributed by atoms with Crippen LogP contribution >= 0.6 is 0 Å². The minimum atomic E-state index is -0.556. The van der Waals surface area contributed by atoms with Crippen LogP contribution in [0.5, 0.6) is 0 Å². The molecule has 4 aromatic rings. The largest absolute Gasteiger partial charge is 0.382 e. The summed E-state index contributed by atoms with van der Waals surface area (Å²) in [6, 6.07) is -0.556. The van der Waals surface area contributed by atoms with E-state index >= 15 is 0 Å². The predicted octanol–water partition coefficient (Wildman–Crippen LogP) is 12.9. The lowest BCUT2D eigenvalue weighted by atomic mass is 9.33. The SMILES string of the molecule is C.CC1(C)CC[C@]2(c3[nH][nH]c(=O)c3CCN)CC[C@]3(C)C(=CCC4[C@@]5(C)Cc6c(N)n[nH]c6C(C)(C)C5CC[C@]43C)C2C1.CC1(C)CC[C@]2(c3[nH][nH]c(=O)c3CCNC(N)=O)CC[C@]3(C)C(=CCC4[C@@]5(C)Cc6c(N)n[nH]c6C(C)(C)C5CC[C@]43C)C2C1. The highest BCUT2D eigenvalue weighted by Crippen LogP contribution is 2.78. The fraction of sp³-hybridized carbons (Fsp3) is 0.764. The molecule has 14 atom stereocenters. The summed E-state index contributed by atoms with van der Waals surface area (Å²) in [7, 11) is 0. The van der Waals surface area contributed by atoms with E-state index in [1.807, 2.05) is 0 Å². The summed E-state index contributed by atoms with van der Waals surface area (Å²) in [5.74, 6) is 4.46. The van der Waals surface area contributed by atoms with Crippen molar-refractivity contribution in [2.45, 2.75) is 254 Å². The summed E-state index contributed by atoms with van der Waals surface area (Å²) in [5.41, 5.74) is 37.9. The smallest absolute Gasteiger partial charge is 0.312 e. The van der Waals surface area contributed by atoms with Crippen molar-refractivity contribution in [2.75, 3.05) is 24.6 Å². The third-order valence-electron chi connectivity index (χ3n) is 29.6. The van der Waals surface area contributed by atoms with Gasteiger partial charge in [-0.3, -0.25) is 30.0 Å². The van der Waals surface area contributed by atoms with Crippen LogP contribution < -0.4 is 39.4 Å². The van der Waals surface area contributed by atoms with Crippen LogP contribution in [-0.4, -0.2) is 59.9 Å². The number of nitrogen functional groups attached to an aromatic ring is 2. The van der Waals surface area contributed by atoms with Gasteiger partial charge in [0.15, 0.2) is 0 Å². The third-order valence-corrected chi connectivity index (χ3v) is 29.6. The van der Waals surface area contributed by atoms with Gasteiger partial charge in [-0.05, 0) is 214 Å². The molecule has 16 heteroatoms. The number of nitrogens with one attached hydrogen (secondary N) is 7. The fourth-order valence-electron chi connectivity index (χ4n) is 24.8. The second-order valence-corrected chi connectivity index (χ2v) is 34.9. The molecule has 4 heterocycles. The average Bonchev–Trinajstić information content (AvgIpc) is 0.932. The topological polar surface area (TPSA) is 288 Å². The van der Waals surface area contributed by atoms with Crippen LogP contribution in [0.1, 0.15) is 252 Å². The molecule has 14 rings (SSSR count). The van der Waals surface area contributed by atoms with Crippen LogP contribution in [0.15, 0.2) is 32.9 Å². The van der Waals surface area contributed by atoms with Gasteiger partial charge in [0.25, 0.3) is 11.1 Å². The number of H-pyrrole nitrogens is 6. The van der Waals surface area contributed by atoms with Gasteiger partial charge in [0, 0.05) is 73.2 Å². The highest BCUT2D eigenvalue weighted by Gasteiger charge is 2.71. The Kier molecular flexibility index (Phi) is 14.4. The van der Waals surface area contributed by atoms with E-state index in [-0.39, 0.29) is 83.5 Å². The summed E-state index contributed by atoms with van der Waals surface area (Å²) in [6.45, 7) is 36.0. The van der Waals surface area contributed by atoms with Gasteiger partial charge >= 0.3 is 6.03 Å². The minimum Gasteiger partial charge on any atom is -0.382 e. The molecule has 0 bridgehead atoms. The number of rotatable bonds is 7. The molecule has 6 saturated carbocycles. The molecule has 0 aromatic carbocycles. The van der Waals surface area contributed by atoms with Crippen LogP contribution in [0.2, 0.25) is 0 Å². The van der Waals surface area contributed by atoms with Gasteiger partial charge in [-0.25, -0.2) is 4.79 Å². The lowest BCUT2D eigenvalue weighted by Gasteiger charge is -2.71. The number of nitrogens with zero attached hydrogens (tertiary/aromatic N) is 2. The quantitative estimate of drug-likeness (QED) is 0.0789.